The Kier molecular flexibility index (Phi) is 5.88. The van der Waals surface area contributed by atoms with Crippen molar-refractivity contribution < 1.29 is 28.8 Å². The Morgan fingerprint density at radius 2 is 1.88 bits per heavy atom. The number of carbonyl (C=O) groups excluding carboxylic acids is 4. The molecule has 1 unspecified atom stereocenters. The lowest BCUT2D eigenvalue weighted by Gasteiger charge is -2.29. The number of ether oxygens (including phenoxy) is 1. The Morgan fingerprint density at radius 1 is 1.18 bits per heavy atom. The zero-order valence-corrected chi connectivity index (χ0v) is 19.3. The quantitative estimate of drug-likeness (QED) is 0.406. The minimum atomic E-state index is -0.850. The molecule has 1 fully saturated rings. The maximum Gasteiger partial charge on any atom is 0.410 e. The molecule has 4 rings (SSSR count). The second kappa shape index (κ2) is 8.54. The maximum atomic E-state index is 13.0. The molecular weight excluding hydrogens is 444 g/mol. The SMILES string of the molecule is CC(C)(C)OC(=O)N1CC=C(c2ccc3c(c2[N+](=O)[O-])CN(C2CCC(=O)NC2=O)C3=O)CC1. The van der Waals surface area contributed by atoms with E-state index in [1.165, 1.54) is 9.80 Å². The highest BCUT2D eigenvalue weighted by molar-refractivity contribution is 6.06. The van der Waals surface area contributed by atoms with Gasteiger partial charge in [-0.2, -0.15) is 0 Å². The van der Waals surface area contributed by atoms with Gasteiger partial charge in [-0.3, -0.25) is 29.8 Å². The van der Waals surface area contributed by atoms with Gasteiger partial charge in [0.15, 0.2) is 0 Å². The summed E-state index contributed by atoms with van der Waals surface area (Å²) in [4.78, 5) is 63.5. The van der Waals surface area contributed by atoms with Gasteiger partial charge in [-0.15, -0.1) is 0 Å². The maximum absolute atomic E-state index is 13.0. The van der Waals surface area contributed by atoms with Crippen molar-refractivity contribution in [2.24, 2.45) is 0 Å². The van der Waals surface area contributed by atoms with Crippen LogP contribution in [0.1, 0.15) is 61.5 Å². The predicted octanol–water partition coefficient (Wildman–Crippen LogP) is 2.38. The molecule has 0 bridgehead atoms. The number of piperidine rings is 1. The molecule has 0 aromatic heterocycles. The van der Waals surface area contributed by atoms with Gasteiger partial charge in [0.25, 0.3) is 11.6 Å². The topological polar surface area (TPSA) is 139 Å². The van der Waals surface area contributed by atoms with Crippen molar-refractivity contribution >= 4 is 35.1 Å². The van der Waals surface area contributed by atoms with Gasteiger partial charge in [-0.1, -0.05) is 6.08 Å². The third-order valence-electron chi connectivity index (χ3n) is 6.08. The van der Waals surface area contributed by atoms with Gasteiger partial charge in [0.05, 0.1) is 28.2 Å². The first-order valence-electron chi connectivity index (χ1n) is 11.1. The third-order valence-corrected chi connectivity index (χ3v) is 6.08. The zero-order chi connectivity index (χ0) is 24.8. The van der Waals surface area contributed by atoms with Gasteiger partial charge in [0.2, 0.25) is 11.8 Å². The molecule has 0 saturated carbocycles. The Balaban J connectivity index is 1.60. The molecule has 180 valence electrons. The van der Waals surface area contributed by atoms with E-state index < -0.39 is 40.4 Å². The molecule has 34 heavy (non-hydrogen) atoms. The van der Waals surface area contributed by atoms with E-state index >= 15 is 0 Å². The smallest absolute Gasteiger partial charge is 0.410 e. The van der Waals surface area contributed by atoms with Crippen LogP contribution in [0.5, 0.6) is 0 Å². The first-order valence-corrected chi connectivity index (χ1v) is 11.1. The summed E-state index contributed by atoms with van der Waals surface area (Å²) >= 11 is 0. The standard InChI is InChI=1S/C23H26N4O7/c1-23(2,3)34-22(31)25-10-8-13(9-11-25)14-4-5-15-16(19(14)27(32)33)12-26(21(15)30)17-6-7-18(28)24-20(17)29/h4-5,8,17H,6-7,9-12H2,1-3H3,(H,24,28,29). The van der Waals surface area contributed by atoms with Crippen LogP contribution in [0, 0.1) is 10.1 Å². The number of benzene rings is 1. The van der Waals surface area contributed by atoms with Crippen LogP contribution in [-0.2, 0) is 20.9 Å². The summed E-state index contributed by atoms with van der Waals surface area (Å²) in [6.45, 7) is 5.86. The van der Waals surface area contributed by atoms with E-state index in [9.17, 15) is 29.3 Å². The molecule has 0 aliphatic carbocycles. The van der Waals surface area contributed by atoms with E-state index in [-0.39, 0.29) is 42.7 Å². The van der Waals surface area contributed by atoms with Crippen molar-refractivity contribution in [2.45, 2.75) is 58.2 Å². The van der Waals surface area contributed by atoms with Crippen molar-refractivity contribution in [3.05, 3.63) is 45.0 Å². The first-order chi connectivity index (χ1) is 16.0. The van der Waals surface area contributed by atoms with Gasteiger partial charge in [-0.25, -0.2) is 4.79 Å². The lowest BCUT2D eigenvalue weighted by molar-refractivity contribution is -0.385. The van der Waals surface area contributed by atoms with E-state index in [0.717, 1.165) is 0 Å². The van der Waals surface area contributed by atoms with Gasteiger partial charge < -0.3 is 14.5 Å². The van der Waals surface area contributed by atoms with Crippen LogP contribution >= 0.6 is 0 Å². The summed E-state index contributed by atoms with van der Waals surface area (Å²) in [5.41, 5.74) is 0.754. The number of nitrogens with zero attached hydrogens (tertiary/aromatic N) is 3. The summed E-state index contributed by atoms with van der Waals surface area (Å²) in [7, 11) is 0. The number of nitro benzene ring substituents is 1. The number of fused-ring (bicyclic) bond motifs is 1. The Bertz CT molecular complexity index is 1130. The highest BCUT2D eigenvalue weighted by Gasteiger charge is 2.42. The molecule has 11 nitrogen and oxygen atoms in total. The number of nitrogens with one attached hydrogen (secondary N) is 1. The predicted molar refractivity (Wildman–Crippen MR) is 120 cm³/mol. The van der Waals surface area contributed by atoms with Crippen molar-refractivity contribution in [1.82, 2.24) is 15.1 Å². The number of hydrogen-bond acceptors (Lipinski definition) is 7. The Labute approximate surface area is 195 Å². The number of rotatable bonds is 3. The van der Waals surface area contributed by atoms with E-state index in [1.54, 1.807) is 39.0 Å². The van der Waals surface area contributed by atoms with Gasteiger partial charge >= 0.3 is 6.09 Å². The molecule has 0 radical (unpaired) electrons. The van der Waals surface area contributed by atoms with Crippen LogP contribution in [0.25, 0.3) is 5.57 Å². The lowest BCUT2D eigenvalue weighted by atomic mass is 9.94. The number of imide groups is 1. The van der Waals surface area contributed by atoms with Crippen LogP contribution < -0.4 is 5.32 Å². The average Bonchev–Trinajstić information content (AvgIpc) is 3.08. The van der Waals surface area contributed by atoms with E-state index in [2.05, 4.69) is 5.32 Å². The molecule has 1 saturated heterocycles. The molecule has 3 aliphatic heterocycles. The number of hydrogen-bond donors (Lipinski definition) is 1. The number of carbonyl (C=O) groups is 4. The number of amides is 4. The van der Waals surface area contributed by atoms with E-state index in [1.807, 2.05) is 0 Å². The van der Waals surface area contributed by atoms with Crippen molar-refractivity contribution in [3.63, 3.8) is 0 Å². The van der Waals surface area contributed by atoms with Crippen molar-refractivity contribution in [3.8, 4) is 0 Å². The lowest BCUT2D eigenvalue weighted by Crippen LogP contribution is -2.52. The van der Waals surface area contributed by atoms with Crippen LogP contribution in [0.4, 0.5) is 10.5 Å². The van der Waals surface area contributed by atoms with Crippen molar-refractivity contribution in [2.75, 3.05) is 13.1 Å². The average molecular weight is 470 g/mol. The van der Waals surface area contributed by atoms with Crippen LogP contribution in [0.3, 0.4) is 0 Å². The molecule has 1 atom stereocenters. The second-order valence-electron chi connectivity index (χ2n) is 9.55. The zero-order valence-electron chi connectivity index (χ0n) is 19.3. The molecular formula is C23H26N4O7. The Morgan fingerprint density at radius 3 is 2.47 bits per heavy atom. The monoisotopic (exact) mass is 470 g/mol. The van der Waals surface area contributed by atoms with Crippen LogP contribution in [-0.4, -0.2) is 63.3 Å². The Hall–Kier alpha value is -3.76. The molecule has 3 heterocycles. The third kappa shape index (κ3) is 4.37. The van der Waals surface area contributed by atoms with Gasteiger partial charge in [0.1, 0.15) is 11.6 Å². The molecule has 1 aromatic carbocycles. The van der Waals surface area contributed by atoms with Gasteiger partial charge in [0, 0.05) is 19.5 Å². The summed E-state index contributed by atoms with van der Waals surface area (Å²) in [6, 6.07) is 2.25. The van der Waals surface area contributed by atoms with Crippen LogP contribution in [0.2, 0.25) is 0 Å². The van der Waals surface area contributed by atoms with Gasteiger partial charge in [-0.05, 0) is 51.3 Å². The normalized spacial score (nSPS) is 20.6. The summed E-state index contributed by atoms with van der Waals surface area (Å²) in [5.74, 6) is -1.44. The first kappa shape index (κ1) is 23.4. The van der Waals surface area contributed by atoms with E-state index in [4.69, 9.17) is 4.74 Å². The second-order valence-corrected chi connectivity index (χ2v) is 9.55. The molecule has 1 N–H and O–H groups in total. The fourth-order valence-corrected chi connectivity index (χ4v) is 4.50. The van der Waals surface area contributed by atoms with E-state index in [0.29, 0.717) is 24.1 Å². The fraction of sp³-hybridized carbons (Fsp3) is 0.478. The summed E-state index contributed by atoms with van der Waals surface area (Å²) < 4.78 is 5.39. The van der Waals surface area contributed by atoms with Crippen molar-refractivity contribution in [1.29, 1.82) is 0 Å². The fourth-order valence-electron chi connectivity index (χ4n) is 4.50. The number of nitro groups is 1. The summed E-state index contributed by atoms with van der Waals surface area (Å²) in [6.07, 6.45) is 1.99. The largest absolute Gasteiger partial charge is 0.444 e. The minimum absolute atomic E-state index is 0.0814. The minimum Gasteiger partial charge on any atom is -0.444 e. The summed E-state index contributed by atoms with van der Waals surface area (Å²) in [5, 5.41) is 14.3. The highest BCUT2D eigenvalue weighted by atomic mass is 16.6. The molecule has 1 aromatic rings. The highest BCUT2D eigenvalue weighted by Crippen LogP contribution is 2.39. The molecule has 4 amide bonds. The van der Waals surface area contributed by atoms with Crippen LogP contribution in [0.15, 0.2) is 18.2 Å². The molecule has 3 aliphatic rings. The molecule has 11 heteroatoms. The molecule has 0 spiro atoms.